The van der Waals surface area contributed by atoms with Crippen molar-refractivity contribution in [1.29, 1.82) is 0 Å². The fourth-order valence-electron chi connectivity index (χ4n) is 5.88. The van der Waals surface area contributed by atoms with Crippen LogP contribution in [0.3, 0.4) is 0 Å². The first-order valence-corrected chi connectivity index (χ1v) is 12.2. The normalized spacial score (nSPS) is 25.4. The summed E-state index contributed by atoms with van der Waals surface area (Å²) in [5.74, 6) is 0.810. The molecule has 0 radical (unpaired) electrons. The standard InChI is InChI=1S/C28H39N3O3/c1-26(2,33)20-31-25(32)30(19-22-11-13-24(34-5)14-12-22)21-27(31)15-17-28(18-16-27,29(3)4)23-9-7-6-8-10-23/h6-14,33H,15-21H2,1-5H3/t27-,28-. The summed E-state index contributed by atoms with van der Waals surface area (Å²) in [6.07, 6.45) is 3.74. The Kier molecular flexibility index (Phi) is 6.67. The molecule has 0 aromatic heterocycles. The van der Waals surface area contributed by atoms with Crippen LogP contribution in [-0.2, 0) is 12.1 Å². The quantitative estimate of drug-likeness (QED) is 0.655. The van der Waals surface area contributed by atoms with E-state index in [1.165, 1.54) is 5.56 Å². The second-order valence-corrected chi connectivity index (χ2v) is 10.9. The van der Waals surface area contributed by atoms with Gasteiger partial charge in [-0.15, -0.1) is 0 Å². The van der Waals surface area contributed by atoms with Gasteiger partial charge in [-0.2, -0.15) is 0 Å². The Labute approximate surface area is 204 Å². The smallest absolute Gasteiger partial charge is 0.321 e. The number of benzene rings is 2. The third kappa shape index (κ3) is 4.66. The van der Waals surface area contributed by atoms with Crippen LogP contribution in [0.25, 0.3) is 0 Å². The average Bonchev–Trinajstić information content (AvgIpc) is 3.05. The van der Waals surface area contributed by atoms with E-state index in [4.69, 9.17) is 4.74 Å². The predicted molar refractivity (Wildman–Crippen MR) is 135 cm³/mol. The highest BCUT2D eigenvalue weighted by Gasteiger charge is 2.55. The highest BCUT2D eigenvalue weighted by Crippen LogP contribution is 2.49. The summed E-state index contributed by atoms with van der Waals surface area (Å²) in [6.45, 7) is 5.16. The molecule has 2 aliphatic rings. The van der Waals surface area contributed by atoms with Gasteiger partial charge in [0.25, 0.3) is 0 Å². The molecule has 2 aromatic rings. The summed E-state index contributed by atoms with van der Waals surface area (Å²) < 4.78 is 5.28. The van der Waals surface area contributed by atoms with Crippen molar-refractivity contribution >= 4 is 6.03 Å². The molecule has 1 aliphatic heterocycles. The molecule has 1 saturated heterocycles. The number of nitrogens with zero attached hydrogens (tertiary/aromatic N) is 3. The number of carbonyl (C=O) groups excluding carboxylic acids is 1. The molecule has 0 unspecified atom stereocenters. The van der Waals surface area contributed by atoms with Crippen LogP contribution in [0.5, 0.6) is 5.75 Å². The lowest BCUT2D eigenvalue weighted by atomic mass is 9.68. The molecule has 184 valence electrons. The van der Waals surface area contributed by atoms with Crippen molar-refractivity contribution in [2.24, 2.45) is 0 Å². The maximum atomic E-state index is 13.7. The van der Waals surface area contributed by atoms with Gasteiger partial charge in [0.15, 0.2) is 0 Å². The van der Waals surface area contributed by atoms with Gasteiger partial charge >= 0.3 is 6.03 Å². The van der Waals surface area contributed by atoms with Gasteiger partial charge in [0.05, 0.1) is 24.8 Å². The van der Waals surface area contributed by atoms with E-state index in [0.717, 1.165) is 37.0 Å². The molecule has 1 heterocycles. The van der Waals surface area contributed by atoms with E-state index in [-0.39, 0.29) is 17.1 Å². The Bertz CT molecular complexity index is 974. The van der Waals surface area contributed by atoms with Gasteiger partial charge in [-0.1, -0.05) is 42.5 Å². The zero-order valence-electron chi connectivity index (χ0n) is 21.3. The Hall–Kier alpha value is -2.57. The molecule has 1 aliphatic carbocycles. The summed E-state index contributed by atoms with van der Waals surface area (Å²) in [4.78, 5) is 19.9. The van der Waals surface area contributed by atoms with Crippen LogP contribution < -0.4 is 4.74 Å². The zero-order chi connectivity index (χ0) is 24.6. The fraction of sp³-hybridized carbons (Fsp3) is 0.536. The van der Waals surface area contributed by atoms with Gasteiger partial charge < -0.3 is 19.6 Å². The lowest BCUT2D eigenvalue weighted by molar-refractivity contribution is -0.0130. The SMILES string of the molecule is COc1ccc(CN2C[C@]3(CC[C@@](c4ccccc4)(N(C)C)CC3)N(CC(C)(C)O)C2=O)cc1. The Morgan fingerprint density at radius 1 is 1.00 bits per heavy atom. The first-order chi connectivity index (χ1) is 16.1. The highest BCUT2D eigenvalue weighted by molar-refractivity contribution is 5.78. The summed E-state index contributed by atoms with van der Waals surface area (Å²) in [5.41, 5.74) is 1.16. The second kappa shape index (κ2) is 9.23. The summed E-state index contributed by atoms with van der Waals surface area (Å²) >= 11 is 0. The van der Waals surface area contributed by atoms with Crippen molar-refractivity contribution in [3.63, 3.8) is 0 Å². The van der Waals surface area contributed by atoms with Gasteiger partial charge in [-0.3, -0.25) is 4.90 Å². The van der Waals surface area contributed by atoms with Gasteiger partial charge in [0.2, 0.25) is 0 Å². The molecule has 0 atom stereocenters. The molecule has 0 bridgehead atoms. The number of hydrogen-bond donors (Lipinski definition) is 1. The molecule has 34 heavy (non-hydrogen) atoms. The molecule has 2 aromatic carbocycles. The lowest BCUT2D eigenvalue weighted by Crippen LogP contribution is -2.57. The minimum Gasteiger partial charge on any atom is -0.497 e. The number of β-amino-alcohol motifs (C(OH)–C–C–N with tert-alkyl or cyclic N) is 1. The number of rotatable bonds is 7. The Morgan fingerprint density at radius 2 is 1.62 bits per heavy atom. The second-order valence-electron chi connectivity index (χ2n) is 10.9. The molecule has 4 rings (SSSR count). The Morgan fingerprint density at radius 3 is 2.15 bits per heavy atom. The zero-order valence-corrected chi connectivity index (χ0v) is 21.3. The van der Waals surface area contributed by atoms with E-state index in [1.54, 1.807) is 21.0 Å². The number of ether oxygens (including phenoxy) is 1. The molecule has 2 fully saturated rings. The largest absolute Gasteiger partial charge is 0.497 e. The van der Waals surface area contributed by atoms with Gasteiger partial charge in [0, 0.05) is 18.6 Å². The van der Waals surface area contributed by atoms with Gasteiger partial charge in [-0.05, 0) is 76.9 Å². The van der Waals surface area contributed by atoms with Crippen molar-refractivity contribution in [1.82, 2.24) is 14.7 Å². The van der Waals surface area contributed by atoms with Crippen LogP contribution in [0.2, 0.25) is 0 Å². The topological polar surface area (TPSA) is 56.3 Å². The van der Waals surface area contributed by atoms with Crippen molar-refractivity contribution in [2.75, 3.05) is 34.3 Å². The molecule has 1 spiro atoms. The maximum Gasteiger partial charge on any atom is 0.321 e. The summed E-state index contributed by atoms with van der Waals surface area (Å²) in [7, 11) is 5.98. The van der Waals surface area contributed by atoms with E-state index < -0.39 is 5.60 Å². The summed E-state index contributed by atoms with van der Waals surface area (Å²) in [5, 5.41) is 10.7. The first-order valence-electron chi connectivity index (χ1n) is 12.2. The molecule has 2 amide bonds. The van der Waals surface area contributed by atoms with Crippen molar-refractivity contribution < 1.29 is 14.6 Å². The Balaban J connectivity index is 1.60. The van der Waals surface area contributed by atoms with E-state index in [1.807, 2.05) is 34.1 Å². The van der Waals surface area contributed by atoms with Crippen LogP contribution in [-0.4, -0.2) is 71.3 Å². The average molecular weight is 466 g/mol. The number of amides is 2. The number of hydrogen-bond acceptors (Lipinski definition) is 4. The number of urea groups is 1. The number of methoxy groups -OCH3 is 1. The van der Waals surface area contributed by atoms with Crippen LogP contribution in [0.1, 0.15) is 50.7 Å². The minimum atomic E-state index is -0.950. The summed E-state index contributed by atoms with van der Waals surface area (Å²) in [6, 6.07) is 18.7. The van der Waals surface area contributed by atoms with E-state index in [9.17, 15) is 9.90 Å². The van der Waals surface area contributed by atoms with E-state index in [0.29, 0.717) is 19.6 Å². The minimum absolute atomic E-state index is 0.0232. The van der Waals surface area contributed by atoms with Gasteiger partial charge in [0.1, 0.15) is 5.75 Å². The van der Waals surface area contributed by atoms with E-state index in [2.05, 4.69) is 49.3 Å². The molecule has 1 saturated carbocycles. The fourth-order valence-corrected chi connectivity index (χ4v) is 5.88. The van der Waals surface area contributed by atoms with Crippen LogP contribution in [0, 0.1) is 0 Å². The third-order valence-electron chi connectivity index (χ3n) is 7.81. The monoisotopic (exact) mass is 465 g/mol. The highest BCUT2D eigenvalue weighted by atomic mass is 16.5. The van der Waals surface area contributed by atoms with Crippen molar-refractivity contribution in [3.05, 3.63) is 65.7 Å². The molecular weight excluding hydrogens is 426 g/mol. The lowest BCUT2D eigenvalue weighted by Gasteiger charge is -2.51. The predicted octanol–water partition coefficient (Wildman–Crippen LogP) is 4.47. The van der Waals surface area contributed by atoms with Crippen molar-refractivity contribution in [3.8, 4) is 5.75 Å². The van der Waals surface area contributed by atoms with Crippen LogP contribution in [0.4, 0.5) is 4.79 Å². The van der Waals surface area contributed by atoms with E-state index >= 15 is 0 Å². The molecule has 1 N–H and O–H groups in total. The molecular formula is C28H39N3O3. The first kappa shape index (κ1) is 24.6. The maximum absolute atomic E-state index is 13.7. The van der Waals surface area contributed by atoms with Crippen LogP contribution in [0.15, 0.2) is 54.6 Å². The molecule has 6 nitrogen and oxygen atoms in total. The molecule has 6 heteroatoms. The van der Waals surface area contributed by atoms with Gasteiger partial charge in [-0.25, -0.2) is 4.79 Å². The number of aliphatic hydroxyl groups is 1. The number of carbonyl (C=O) groups is 1. The van der Waals surface area contributed by atoms with Crippen LogP contribution >= 0.6 is 0 Å². The third-order valence-corrected chi connectivity index (χ3v) is 7.81. The van der Waals surface area contributed by atoms with Crippen molar-refractivity contribution in [2.45, 2.75) is 62.8 Å².